The van der Waals surface area contributed by atoms with Gasteiger partial charge in [0.25, 0.3) is 5.91 Å². The summed E-state index contributed by atoms with van der Waals surface area (Å²) in [6, 6.07) is 25.2. The van der Waals surface area contributed by atoms with E-state index in [1.54, 1.807) is 25.1 Å². The van der Waals surface area contributed by atoms with Crippen LogP contribution in [0, 0.1) is 0 Å². The Hall–Kier alpha value is -4.10. The third-order valence-corrected chi connectivity index (χ3v) is 5.92. The van der Waals surface area contributed by atoms with Gasteiger partial charge in [0.1, 0.15) is 17.2 Å². The SMILES string of the molecule is COc1ccc(C(CNC(=O)c2cn(-c3ccccc3)nc2-c2ccccc2OC)N(C)C)cc1. The molecule has 3 aromatic carbocycles. The molecule has 4 aromatic rings. The van der Waals surface area contributed by atoms with E-state index in [0.29, 0.717) is 23.6 Å². The lowest BCUT2D eigenvalue weighted by molar-refractivity contribution is 0.0942. The highest BCUT2D eigenvalue weighted by molar-refractivity contribution is 6.00. The lowest BCUT2D eigenvalue weighted by atomic mass is 10.0. The minimum atomic E-state index is -0.201. The molecule has 7 heteroatoms. The first-order valence-electron chi connectivity index (χ1n) is 11.4. The zero-order chi connectivity index (χ0) is 24.8. The van der Waals surface area contributed by atoms with Crippen molar-refractivity contribution >= 4 is 5.91 Å². The lowest BCUT2D eigenvalue weighted by Gasteiger charge is -2.25. The van der Waals surface area contributed by atoms with Gasteiger partial charge in [0, 0.05) is 18.3 Å². The van der Waals surface area contributed by atoms with E-state index in [1.165, 1.54) is 0 Å². The van der Waals surface area contributed by atoms with Crippen LogP contribution in [-0.4, -0.2) is 55.4 Å². The molecule has 0 fully saturated rings. The molecule has 1 unspecified atom stereocenters. The summed E-state index contributed by atoms with van der Waals surface area (Å²) in [7, 11) is 7.25. The summed E-state index contributed by atoms with van der Waals surface area (Å²) < 4.78 is 12.6. The van der Waals surface area contributed by atoms with Crippen molar-refractivity contribution in [1.29, 1.82) is 0 Å². The number of aromatic nitrogens is 2. The summed E-state index contributed by atoms with van der Waals surface area (Å²) in [6.45, 7) is 0.431. The molecule has 1 atom stereocenters. The molecule has 4 rings (SSSR count). The zero-order valence-electron chi connectivity index (χ0n) is 20.4. The number of nitrogens with one attached hydrogen (secondary N) is 1. The first-order chi connectivity index (χ1) is 17.0. The van der Waals surface area contributed by atoms with E-state index in [9.17, 15) is 4.79 Å². The molecular weight excluding hydrogens is 440 g/mol. The van der Waals surface area contributed by atoms with Gasteiger partial charge in [-0.2, -0.15) is 5.10 Å². The average Bonchev–Trinajstić information content (AvgIpc) is 3.35. The predicted octanol–water partition coefficient (Wildman–Crippen LogP) is 4.59. The average molecular weight is 471 g/mol. The summed E-state index contributed by atoms with van der Waals surface area (Å²) >= 11 is 0. The van der Waals surface area contributed by atoms with Crippen LogP contribution in [0.15, 0.2) is 85.1 Å². The molecule has 0 aliphatic rings. The van der Waals surface area contributed by atoms with E-state index >= 15 is 0 Å². The molecule has 1 N–H and O–H groups in total. The number of likely N-dealkylation sites (N-methyl/N-ethyl adjacent to an activating group) is 1. The Morgan fingerprint density at radius 3 is 2.29 bits per heavy atom. The van der Waals surface area contributed by atoms with Gasteiger partial charge in [0.05, 0.1) is 31.5 Å². The number of hydrogen-bond donors (Lipinski definition) is 1. The Bertz CT molecular complexity index is 1270. The number of amides is 1. The molecule has 1 heterocycles. The number of carbonyl (C=O) groups excluding carboxylic acids is 1. The van der Waals surface area contributed by atoms with Crippen molar-refractivity contribution in [2.45, 2.75) is 6.04 Å². The molecular formula is C28H30N4O3. The number of ether oxygens (including phenoxy) is 2. The molecule has 7 nitrogen and oxygen atoms in total. The van der Waals surface area contributed by atoms with Gasteiger partial charge in [-0.3, -0.25) is 4.79 Å². The fourth-order valence-corrected chi connectivity index (χ4v) is 4.00. The fraction of sp³-hybridized carbons (Fsp3) is 0.214. The molecule has 1 aromatic heterocycles. The van der Waals surface area contributed by atoms with Crippen LogP contribution in [0.5, 0.6) is 11.5 Å². The maximum Gasteiger partial charge on any atom is 0.255 e. The van der Waals surface area contributed by atoms with E-state index in [2.05, 4.69) is 10.2 Å². The van der Waals surface area contributed by atoms with Gasteiger partial charge in [0.15, 0.2) is 0 Å². The second kappa shape index (κ2) is 10.9. The second-order valence-corrected chi connectivity index (χ2v) is 8.33. The maximum atomic E-state index is 13.5. The smallest absolute Gasteiger partial charge is 0.255 e. The summed E-state index contributed by atoms with van der Waals surface area (Å²) in [5, 5.41) is 7.89. The molecule has 180 valence electrons. The van der Waals surface area contributed by atoms with Crippen molar-refractivity contribution in [3.8, 4) is 28.4 Å². The van der Waals surface area contributed by atoms with E-state index in [1.807, 2.05) is 93.0 Å². The fourth-order valence-electron chi connectivity index (χ4n) is 4.00. The number of carbonyl (C=O) groups is 1. The molecule has 1 amide bonds. The third-order valence-electron chi connectivity index (χ3n) is 5.92. The molecule has 0 radical (unpaired) electrons. The summed E-state index contributed by atoms with van der Waals surface area (Å²) in [5.74, 6) is 1.25. The summed E-state index contributed by atoms with van der Waals surface area (Å²) in [5.41, 5.74) is 3.75. The summed E-state index contributed by atoms with van der Waals surface area (Å²) in [6.07, 6.45) is 1.77. The van der Waals surface area contributed by atoms with Crippen LogP contribution in [0.2, 0.25) is 0 Å². The Morgan fingerprint density at radius 1 is 0.943 bits per heavy atom. The minimum absolute atomic E-state index is 0.0104. The molecule has 0 saturated heterocycles. The van der Waals surface area contributed by atoms with Crippen LogP contribution >= 0.6 is 0 Å². The van der Waals surface area contributed by atoms with Gasteiger partial charge >= 0.3 is 0 Å². The topological polar surface area (TPSA) is 68.6 Å². The van der Waals surface area contributed by atoms with Crippen LogP contribution in [0.25, 0.3) is 16.9 Å². The van der Waals surface area contributed by atoms with Gasteiger partial charge in [-0.1, -0.05) is 42.5 Å². The third kappa shape index (κ3) is 5.36. The van der Waals surface area contributed by atoms with E-state index < -0.39 is 0 Å². The van der Waals surface area contributed by atoms with Crippen molar-refractivity contribution < 1.29 is 14.3 Å². The molecule has 0 aliphatic heterocycles. The first-order valence-corrected chi connectivity index (χ1v) is 11.4. The van der Waals surface area contributed by atoms with Crippen LogP contribution in [0.4, 0.5) is 0 Å². The van der Waals surface area contributed by atoms with Crippen molar-refractivity contribution in [2.75, 3.05) is 34.9 Å². The highest BCUT2D eigenvalue weighted by Gasteiger charge is 2.23. The van der Waals surface area contributed by atoms with Gasteiger partial charge in [-0.25, -0.2) is 4.68 Å². The normalized spacial score (nSPS) is 11.8. The monoisotopic (exact) mass is 470 g/mol. The quantitative estimate of drug-likeness (QED) is 0.388. The molecule has 0 bridgehead atoms. The Balaban J connectivity index is 1.65. The van der Waals surface area contributed by atoms with E-state index in [-0.39, 0.29) is 11.9 Å². The van der Waals surface area contributed by atoms with Crippen molar-refractivity contribution in [3.05, 3.63) is 96.2 Å². The zero-order valence-corrected chi connectivity index (χ0v) is 20.4. The van der Waals surface area contributed by atoms with Gasteiger partial charge < -0.3 is 19.7 Å². The minimum Gasteiger partial charge on any atom is -0.497 e. The highest BCUT2D eigenvalue weighted by Crippen LogP contribution is 2.32. The molecule has 0 aliphatic carbocycles. The maximum absolute atomic E-state index is 13.5. The van der Waals surface area contributed by atoms with Crippen LogP contribution in [0.1, 0.15) is 22.0 Å². The lowest BCUT2D eigenvalue weighted by Crippen LogP contribution is -2.34. The Labute approximate surface area is 205 Å². The summed E-state index contributed by atoms with van der Waals surface area (Å²) in [4.78, 5) is 15.6. The molecule has 0 saturated carbocycles. The second-order valence-electron chi connectivity index (χ2n) is 8.33. The molecule has 0 spiro atoms. The number of methoxy groups -OCH3 is 2. The van der Waals surface area contributed by atoms with Crippen LogP contribution < -0.4 is 14.8 Å². The number of nitrogens with zero attached hydrogens (tertiary/aromatic N) is 3. The number of para-hydroxylation sites is 2. The highest BCUT2D eigenvalue weighted by atomic mass is 16.5. The van der Waals surface area contributed by atoms with Gasteiger partial charge in [-0.15, -0.1) is 0 Å². The molecule has 35 heavy (non-hydrogen) atoms. The number of hydrogen-bond acceptors (Lipinski definition) is 5. The van der Waals surface area contributed by atoms with Crippen molar-refractivity contribution in [2.24, 2.45) is 0 Å². The Morgan fingerprint density at radius 2 is 1.63 bits per heavy atom. The van der Waals surface area contributed by atoms with Gasteiger partial charge in [-0.05, 0) is 56.1 Å². The van der Waals surface area contributed by atoms with Crippen LogP contribution in [0.3, 0.4) is 0 Å². The van der Waals surface area contributed by atoms with E-state index in [0.717, 1.165) is 22.6 Å². The van der Waals surface area contributed by atoms with Crippen molar-refractivity contribution in [3.63, 3.8) is 0 Å². The largest absolute Gasteiger partial charge is 0.497 e. The Kier molecular flexibility index (Phi) is 7.48. The standard InChI is InChI=1S/C28H30N4O3/c1-31(2)25(20-14-16-22(34-3)17-15-20)18-29-28(33)24-19-32(21-10-6-5-7-11-21)30-27(24)23-12-8-9-13-26(23)35-4/h5-17,19,25H,18H2,1-4H3,(H,29,33). The van der Waals surface area contributed by atoms with Crippen LogP contribution in [-0.2, 0) is 0 Å². The van der Waals surface area contributed by atoms with Crippen molar-refractivity contribution in [1.82, 2.24) is 20.0 Å². The predicted molar refractivity (Wildman–Crippen MR) is 137 cm³/mol. The first kappa shape index (κ1) is 24.0. The van der Waals surface area contributed by atoms with Gasteiger partial charge in [0.2, 0.25) is 0 Å². The number of rotatable bonds is 9. The van der Waals surface area contributed by atoms with E-state index in [4.69, 9.17) is 14.6 Å². The number of benzene rings is 3.